The van der Waals surface area contributed by atoms with Gasteiger partial charge in [-0.15, -0.1) is 0 Å². The minimum absolute atomic E-state index is 0.0517. The summed E-state index contributed by atoms with van der Waals surface area (Å²) in [5.74, 6) is 0. The molecular weight excluding hydrogens is 265 g/mol. The third kappa shape index (κ3) is 4.21. The predicted molar refractivity (Wildman–Crippen MR) is 75.4 cm³/mol. The summed E-state index contributed by atoms with van der Waals surface area (Å²) in [5.41, 5.74) is 5.98. The first-order valence-electron chi connectivity index (χ1n) is 6.94. The van der Waals surface area contributed by atoms with Crippen LogP contribution in [0.4, 0.5) is 13.2 Å². The molecule has 0 amide bonds. The predicted octanol–water partition coefficient (Wildman–Crippen LogP) is 3.83. The Morgan fingerprint density at radius 1 is 1.15 bits per heavy atom. The Labute approximate surface area is 118 Å². The first-order valence-corrected chi connectivity index (χ1v) is 6.94. The van der Waals surface area contributed by atoms with Crippen LogP contribution in [0.25, 0.3) is 0 Å². The molecule has 0 radical (unpaired) electrons. The van der Waals surface area contributed by atoms with E-state index >= 15 is 0 Å². The fraction of sp³-hybridized carbons (Fsp3) is 0.600. The third-order valence-electron chi connectivity index (χ3n) is 3.61. The van der Waals surface area contributed by atoms with Crippen LogP contribution in [0.1, 0.15) is 44.4 Å². The quantitative estimate of drug-likeness (QED) is 0.862. The molecule has 0 fully saturated rings. The Morgan fingerprint density at radius 3 is 2.10 bits per heavy atom. The van der Waals surface area contributed by atoms with E-state index in [4.69, 9.17) is 5.73 Å². The van der Waals surface area contributed by atoms with Gasteiger partial charge in [-0.2, -0.15) is 13.2 Å². The SMILES string of the molecule is CCCN(C(C)c1ccc(C(F)(F)F)cc1)[C@@H](C)CN. The van der Waals surface area contributed by atoms with Gasteiger partial charge < -0.3 is 5.73 Å². The van der Waals surface area contributed by atoms with Crippen LogP contribution in [-0.4, -0.2) is 24.0 Å². The number of halogens is 3. The van der Waals surface area contributed by atoms with Gasteiger partial charge in [0.25, 0.3) is 0 Å². The first-order chi connectivity index (χ1) is 9.31. The van der Waals surface area contributed by atoms with Gasteiger partial charge in [0.1, 0.15) is 0 Å². The van der Waals surface area contributed by atoms with E-state index in [2.05, 4.69) is 11.8 Å². The first kappa shape index (κ1) is 17.0. The van der Waals surface area contributed by atoms with Gasteiger partial charge in [-0.05, 0) is 44.5 Å². The van der Waals surface area contributed by atoms with Crippen molar-refractivity contribution in [2.45, 2.75) is 45.5 Å². The maximum Gasteiger partial charge on any atom is 0.416 e. The molecule has 1 rings (SSSR count). The second kappa shape index (κ2) is 7.09. The molecule has 1 aromatic rings. The fourth-order valence-electron chi connectivity index (χ4n) is 2.33. The van der Waals surface area contributed by atoms with Crippen molar-refractivity contribution in [3.63, 3.8) is 0 Å². The number of hydrogen-bond acceptors (Lipinski definition) is 2. The van der Waals surface area contributed by atoms with E-state index < -0.39 is 11.7 Å². The lowest BCUT2D eigenvalue weighted by atomic mass is 10.0. The highest BCUT2D eigenvalue weighted by molar-refractivity contribution is 5.26. The van der Waals surface area contributed by atoms with Crippen molar-refractivity contribution in [2.24, 2.45) is 5.73 Å². The average Bonchev–Trinajstić information content (AvgIpc) is 2.42. The number of nitrogens with zero attached hydrogens (tertiary/aromatic N) is 1. The number of hydrogen-bond donors (Lipinski definition) is 1. The normalized spacial score (nSPS) is 15.4. The molecule has 0 aliphatic heterocycles. The maximum absolute atomic E-state index is 12.6. The van der Waals surface area contributed by atoms with Gasteiger partial charge in [-0.25, -0.2) is 0 Å². The smallest absolute Gasteiger partial charge is 0.329 e. The zero-order valence-corrected chi connectivity index (χ0v) is 12.2. The molecule has 1 unspecified atom stereocenters. The van der Waals surface area contributed by atoms with Crippen molar-refractivity contribution in [1.82, 2.24) is 4.90 Å². The van der Waals surface area contributed by atoms with Gasteiger partial charge in [0.05, 0.1) is 5.56 Å². The minimum Gasteiger partial charge on any atom is -0.329 e. The Bertz CT molecular complexity index is 401. The Hall–Kier alpha value is -1.07. The molecule has 2 N–H and O–H groups in total. The fourth-order valence-corrected chi connectivity index (χ4v) is 2.33. The van der Waals surface area contributed by atoms with E-state index in [1.54, 1.807) is 12.1 Å². The largest absolute Gasteiger partial charge is 0.416 e. The Kier molecular flexibility index (Phi) is 6.02. The molecule has 0 aliphatic rings. The van der Waals surface area contributed by atoms with Gasteiger partial charge in [0.15, 0.2) is 0 Å². The standard InChI is InChI=1S/C15H23F3N2/c1-4-9-20(11(2)10-19)12(3)13-5-7-14(8-6-13)15(16,17)18/h5-8,11-12H,4,9-10,19H2,1-3H3/t11-,12?/m0/s1. The van der Waals surface area contributed by atoms with Crippen LogP contribution in [0.2, 0.25) is 0 Å². The third-order valence-corrected chi connectivity index (χ3v) is 3.61. The summed E-state index contributed by atoms with van der Waals surface area (Å²) in [6.45, 7) is 7.53. The molecule has 114 valence electrons. The summed E-state index contributed by atoms with van der Waals surface area (Å²) in [5, 5.41) is 0. The molecule has 0 spiro atoms. The van der Waals surface area contributed by atoms with Gasteiger partial charge in [0, 0.05) is 18.6 Å². The number of benzene rings is 1. The van der Waals surface area contributed by atoms with Crippen molar-refractivity contribution in [3.05, 3.63) is 35.4 Å². The molecule has 20 heavy (non-hydrogen) atoms. The minimum atomic E-state index is -4.28. The van der Waals surface area contributed by atoms with Crippen molar-refractivity contribution in [2.75, 3.05) is 13.1 Å². The molecule has 2 atom stereocenters. The number of rotatable bonds is 6. The molecular formula is C15H23F3N2. The highest BCUT2D eigenvalue weighted by Crippen LogP contribution is 2.31. The van der Waals surface area contributed by atoms with Crippen LogP contribution < -0.4 is 5.73 Å². The van der Waals surface area contributed by atoms with E-state index in [0.29, 0.717) is 6.54 Å². The van der Waals surface area contributed by atoms with E-state index in [0.717, 1.165) is 30.7 Å². The van der Waals surface area contributed by atoms with Crippen LogP contribution in [0.15, 0.2) is 24.3 Å². The summed E-state index contributed by atoms with van der Waals surface area (Å²) >= 11 is 0. The molecule has 0 saturated heterocycles. The van der Waals surface area contributed by atoms with Crippen molar-refractivity contribution in [3.8, 4) is 0 Å². The van der Waals surface area contributed by atoms with Crippen molar-refractivity contribution < 1.29 is 13.2 Å². The van der Waals surface area contributed by atoms with Gasteiger partial charge >= 0.3 is 6.18 Å². The topological polar surface area (TPSA) is 29.3 Å². The molecule has 0 bridgehead atoms. The Balaban J connectivity index is 2.92. The second-order valence-electron chi connectivity index (χ2n) is 5.12. The van der Waals surface area contributed by atoms with E-state index in [1.807, 2.05) is 13.8 Å². The molecule has 0 saturated carbocycles. The summed E-state index contributed by atoms with van der Waals surface area (Å²) in [4.78, 5) is 2.22. The van der Waals surface area contributed by atoms with E-state index in [9.17, 15) is 13.2 Å². The van der Waals surface area contributed by atoms with Crippen LogP contribution in [0.3, 0.4) is 0 Å². The molecule has 0 heterocycles. The molecule has 0 aromatic heterocycles. The van der Waals surface area contributed by atoms with Gasteiger partial charge in [0.2, 0.25) is 0 Å². The summed E-state index contributed by atoms with van der Waals surface area (Å²) in [7, 11) is 0. The monoisotopic (exact) mass is 288 g/mol. The van der Waals surface area contributed by atoms with E-state index in [1.165, 1.54) is 0 Å². The molecule has 0 aliphatic carbocycles. The zero-order valence-electron chi connectivity index (χ0n) is 12.2. The van der Waals surface area contributed by atoms with Gasteiger partial charge in [-0.3, -0.25) is 4.90 Å². The summed E-state index contributed by atoms with van der Waals surface area (Å²) in [6, 6.07) is 5.65. The zero-order chi connectivity index (χ0) is 15.3. The highest BCUT2D eigenvalue weighted by atomic mass is 19.4. The lowest BCUT2D eigenvalue weighted by molar-refractivity contribution is -0.137. The molecule has 1 aromatic carbocycles. The molecule has 2 nitrogen and oxygen atoms in total. The van der Waals surface area contributed by atoms with Crippen LogP contribution in [0.5, 0.6) is 0 Å². The lowest BCUT2D eigenvalue weighted by Gasteiger charge is -2.34. The van der Waals surface area contributed by atoms with Gasteiger partial charge in [-0.1, -0.05) is 19.1 Å². The highest BCUT2D eigenvalue weighted by Gasteiger charge is 2.30. The molecule has 5 heteroatoms. The number of alkyl halides is 3. The van der Waals surface area contributed by atoms with Crippen molar-refractivity contribution >= 4 is 0 Å². The number of nitrogens with two attached hydrogens (primary N) is 1. The second-order valence-corrected chi connectivity index (χ2v) is 5.12. The van der Waals surface area contributed by atoms with Crippen LogP contribution in [-0.2, 0) is 6.18 Å². The van der Waals surface area contributed by atoms with Crippen molar-refractivity contribution in [1.29, 1.82) is 0 Å². The van der Waals surface area contributed by atoms with Crippen LogP contribution in [0, 0.1) is 0 Å². The van der Waals surface area contributed by atoms with Crippen LogP contribution >= 0.6 is 0 Å². The summed E-state index contributed by atoms with van der Waals surface area (Å²) in [6.07, 6.45) is -3.30. The maximum atomic E-state index is 12.6. The lowest BCUT2D eigenvalue weighted by Crippen LogP contribution is -2.40. The summed E-state index contributed by atoms with van der Waals surface area (Å²) < 4.78 is 37.7. The van der Waals surface area contributed by atoms with E-state index in [-0.39, 0.29) is 12.1 Å². The average molecular weight is 288 g/mol. The Morgan fingerprint density at radius 2 is 1.70 bits per heavy atom.